The molecule has 0 radical (unpaired) electrons. The van der Waals surface area contributed by atoms with Crippen LogP contribution in [0.25, 0.3) is 0 Å². The maximum atomic E-state index is 11.7. The van der Waals surface area contributed by atoms with Gasteiger partial charge in [-0.3, -0.25) is 5.41 Å². The lowest BCUT2D eigenvalue weighted by molar-refractivity contribution is 0.560. The van der Waals surface area contributed by atoms with Crippen LogP contribution in [-0.4, -0.2) is 20.8 Å². The molecule has 100 valence electrons. The average molecular weight is 270 g/mol. The highest BCUT2D eigenvalue weighted by atomic mass is 32.2. The van der Waals surface area contributed by atoms with Crippen molar-refractivity contribution < 1.29 is 8.42 Å². The summed E-state index contributed by atoms with van der Waals surface area (Å²) in [7, 11) is -3.66. The molecule has 0 aliphatic carbocycles. The minimum Gasteiger partial charge on any atom is -0.386 e. The summed E-state index contributed by atoms with van der Waals surface area (Å²) >= 11 is 0. The van der Waals surface area contributed by atoms with E-state index in [1.807, 2.05) is 13.0 Å². The van der Waals surface area contributed by atoms with Gasteiger partial charge in [0, 0.05) is 6.54 Å². The molecule has 5 N–H and O–H groups in total. The van der Waals surface area contributed by atoms with Gasteiger partial charge in [-0.25, -0.2) is 4.72 Å². The third-order valence-corrected chi connectivity index (χ3v) is 3.39. The fraction of sp³-hybridized carbons (Fsp3) is 0.364. The fourth-order valence-corrected chi connectivity index (χ4v) is 2.52. The molecule has 0 saturated heterocycles. The van der Waals surface area contributed by atoms with Gasteiger partial charge in [0.15, 0.2) is 0 Å². The Bertz CT molecular complexity index is 487. The van der Waals surface area contributed by atoms with Gasteiger partial charge in [0.05, 0.1) is 0 Å². The number of amidine groups is 1. The van der Waals surface area contributed by atoms with E-state index in [0.29, 0.717) is 18.5 Å². The third kappa shape index (κ3) is 4.44. The van der Waals surface area contributed by atoms with Crippen LogP contribution in [0.1, 0.15) is 24.9 Å². The fourth-order valence-electron chi connectivity index (χ4n) is 1.39. The van der Waals surface area contributed by atoms with Crippen LogP contribution in [0.4, 0.5) is 0 Å². The van der Waals surface area contributed by atoms with Gasteiger partial charge in [0.2, 0.25) is 0 Å². The van der Waals surface area contributed by atoms with Crippen molar-refractivity contribution in [3.63, 3.8) is 0 Å². The zero-order chi connectivity index (χ0) is 13.6. The summed E-state index contributed by atoms with van der Waals surface area (Å²) in [5, 5.41) is 7.47. The maximum absolute atomic E-state index is 11.7. The highest BCUT2D eigenvalue weighted by molar-refractivity contribution is 7.87. The molecule has 1 aromatic rings. The second-order valence-electron chi connectivity index (χ2n) is 3.81. The van der Waals surface area contributed by atoms with Crippen molar-refractivity contribution in [3.05, 3.63) is 35.9 Å². The first-order valence-corrected chi connectivity index (χ1v) is 7.10. The summed E-state index contributed by atoms with van der Waals surface area (Å²) < 4.78 is 28.1. The van der Waals surface area contributed by atoms with Crippen LogP contribution in [0.3, 0.4) is 0 Å². The van der Waals surface area contributed by atoms with E-state index in [2.05, 4.69) is 9.44 Å². The SMILES string of the molecule is CCCNS(=O)(=O)NC(C(=N)N)c1ccccc1. The van der Waals surface area contributed by atoms with Crippen molar-refractivity contribution in [3.8, 4) is 0 Å². The molecule has 6 nitrogen and oxygen atoms in total. The molecule has 0 heterocycles. The molecular formula is C11H18N4O2S. The molecule has 7 heteroatoms. The first kappa shape index (κ1) is 14.6. The minimum atomic E-state index is -3.66. The van der Waals surface area contributed by atoms with Crippen molar-refractivity contribution in [2.75, 3.05) is 6.54 Å². The van der Waals surface area contributed by atoms with Gasteiger partial charge in [0.1, 0.15) is 11.9 Å². The second kappa shape index (κ2) is 6.48. The number of hydrogen-bond acceptors (Lipinski definition) is 3. The average Bonchev–Trinajstić information content (AvgIpc) is 2.34. The monoisotopic (exact) mass is 270 g/mol. The largest absolute Gasteiger partial charge is 0.386 e. The van der Waals surface area contributed by atoms with Gasteiger partial charge in [-0.2, -0.15) is 13.1 Å². The first-order valence-electron chi connectivity index (χ1n) is 5.62. The van der Waals surface area contributed by atoms with Crippen LogP contribution in [0, 0.1) is 5.41 Å². The molecule has 1 atom stereocenters. The van der Waals surface area contributed by atoms with Crippen molar-refractivity contribution in [1.82, 2.24) is 9.44 Å². The van der Waals surface area contributed by atoms with Crippen molar-refractivity contribution in [1.29, 1.82) is 5.41 Å². The Morgan fingerprint density at radius 3 is 2.50 bits per heavy atom. The van der Waals surface area contributed by atoms with Crippen LogP contribution >= 0.6 is 0 Å². The molecular weight excluding hydrogens is 252 g/mol. The highest BCUT2D eigenvalue weighted by Gasteiger charge is 2.21. The van der Waals surface area contributed by atoms with Crippen LogP contribution in [0.15, 0.2) is 30.3 Å². The molecule has 0 saturated carbocycles. The minimum absolute atomic E-state index is 0.247. The number of nitrogens with one attached hydrogen (secondary N) is 3. The predicted octanol–water partition coefficient (Wildman–Crippen LogP) is 0.498. The van der Waals surface area contributed by atoms with Crippen LogP contribution < -0.4 is 15.2 Å². The van der Waals surface area contributed by atoms with Crippen molar-refractivity contribution in [2.45, 2.75) is 19.4 Å². The topological polar surface area (TPSA) is 108 Å². The predicted molar refractivity (Wildman–Crippen MR) is 71.4 cm³/mol. The lowest BCUT2D eigenvalue weighted by atomic mass is 10.1. The summed E-state index contributed by atoms with van der Waals surface area (Å²) in [6, 6.07) is 7.92. The number of nitrogens with two attached hydrogens (primary N) is 1. The molecule has 1 unspecified atom stereocenters. The van der Waals surface area contributed by atoms with E-state index in [-0.39, 0.29) is 5.84 Å². The maximum Gasteiger partial charge on any atom is 0.277 e. The zero-order valence-corrected chi connectivity index (χ0v) is 11.0. The molecule has 18 heavy (non-hydrogen) atoms. The van der Waals surface area contributed by atoms with Crippen LogP contribution in [-0.2, 0) is 10.2 Å². The number of hydrogen-bond donors (Lipinski definition) is 4. The van der Waals surface area contributed by atoms with Gasteiger partial charge >= 0.3 is 0 Å². The Morgan fingerprint density at radius 1 is 1.39 bits per heavy atom. The van der Waals surface area contributed by atoms with Gasteiger partial charge in [0.25, 0.3) is 10.2 Å². The standard InChI is InChI=1S/C11H18N4O2S/c1-2-8-14-18(16,17)15-10(11(12)13)9-6-4-3-5-7-9/h3-7,10,14-15H,2,8H2,1H3,(H3,12,13). The molecule has 0 bridgehead atoms. The number of rotatable bonds is 7. The van der Waals surface area contributed by atoms with Crippen LogP contribution in [0.5, 0.6) is 0 Å². The van der Waals surface area contributed by atoms with E-state index >= 15 is 0 Å². The third-order valence-electron chi connectivity index (χ3n) is 2.26. The summed E-state index contributed by atoms with van der Waals surface area (Å²) in [6.07, 6.45) is 0.691. The van der Waals surface area contributed by atoms with Gasteiger partial charge in [-0.05, 0) is 12.0 Å². The Labute approximate surface area is 107 Å². The van der Waals surface area contributed by atoms with Crippen LogP contribution in [0.2, 0.25) is 0 Å². The first-order chi connectivity index (χ1) is 8.46. The number of benzene rings is 1. The van der Waals surface area contributed by atoms with Crippen molar-refractivity contribution >= 4 is 16.0 Å². The lowest BCUT2D eigenvalue weighted by Crippen LogP contribution is -2.43. The van der Waals surface area contributed by atoms with E-state index in [1.165, 1.54) is 0 Å². The van der Waals surface area contributed by atoms with Gasteiger partial charge in [-0.1, -0.05) is 37.3 Å². The van der Waals surface area contributed by atoms with E-state index < -0.39 is 16.3 Å². The summed E-state index contributed by atoms with van der Waals surface area (Å²) in [5.41, 5.74) is 6.06. The Kier molecular flexibility index (Phi) is 5.26. The molecule has 0 aromatic heterocycles. The van der Waals surface area contributed by atoms with E-state index in [9.17, 15) is 8.42 Å². The van der Waals surface area contributed by atoms with Gasteiger partial charge in [-0.15, -0.1) is 0 Å². The van der Waals surface area contributed by atoms with E-state index in [1.54, 1.807) is 24.3 Å². The Morgan fingerprint density at radius 2 is 2.00 bits per heavy atom. The highest BCUT2D eigenvalue weighted by Crippen LogP contribution is 2.12. The second-order valence-corrected chi connectivity index (χ2v) is 5.35. The Hall–Kier alpha value is -1.44. The molecule has 1 rings (SSSR count). The van der Waals surface area contributed by atoms with Crippen molar-refractivity contribution in [2.24, 2.45) is 5.73 Å². The lowest BCUT2D eigenvalue weighted by Gasteiger charge is -2.18. The molecule has 0 aliphatic heterocycles. The normalized spacial score (nSPS) is 13.2. The molecule has 0 fully saturated rings. The zero-order valence-electron chi connectivity index (χ0n) is 10.2. The molecule has 1 aromatic carbocycles. The van der Waals surface area contributed by atoms with E-state index in [0.717, 1.165) is 0 Å². The van der Waals surface area contributed by atoms with Gasteiger partial charge < -0.3 is 5.73 Å². The smallest absolute Gasteiger partial charge is 0.277 e. The summed E-state index contributed by atoms with van der Waals surface area (Å²) in [6.45, 7) is 2.21. The molecule has 0 amide bonds. The molecule has 0 aliphatic rings. The van der Waals surface area contributed by atoms with E-state index in [4.69, 9.17) is 11.1 Å². The molecule has 0 spiro atoms. The quantitative estimate of drug-likeness (QED) is 0.428. The summed E-state index contributed by atoms with van der Waals surface area (Å²) in [5.74, 6) is -0.247. The summed E-state index contributed by atoms with van der Waals surface area (Å²) in [4.78, 5) is 0. The Balaban J connectivity index is 2.86.